The molecule has 4 aromatic carbocycles. The molecule has 2 aliphatic rings. The van der Waals surface area contributed by atoms with Crippen molar-refractivity contribution in [2.45, 2.75) is 36.5 Å². The number of carbonyl (C=O) groups excluding carboxylic acids is 2. The van der Waals surface area contributed by atoms with Crippen molar-refractivity contribution in [2.75, 3.05) is 14.1 Å². The van der Waals surface area contributed by atoms with Crippen molar-refractivity contribution in [3.8, 4) is 0 Å². The van der Waals surface area contributed by atoms with Gasteiger partial charge in [-0.05, 0) is 119 Å². The summed E-state index contributed by atoms with van der Waals surface area (Å²) in [6.45, 7) is 0. The lowest BCUT2D eigenvalue weighted by molar-refractivity contribution is 0.0956. The van der Waals surface area contributed by atoms with Crippen LogP contribution in [0.2, 0.25) is 0 Å². The van der Waals surface area contributed by atoms with Crippen molar-refractivity contribution in [3.63, 3.8) is 0 Å². The van der Waals surface area contributed by atoms with Gasteiger partial charge in [0.25, 0.3) is 5.91 Å². The van der Waals surface area contributed by atoms with Crippen LogP contribution in [0.5, 0.6) is 0 Å². The highest BCUT2D eigenvalue weighted by Gasteiger charge is 2.45. The van der Waals surface area contributed by atoms with Crippen LogP contribution in [0.1, 0.15) is 82.0 Å². The minimum absolute atomic E-state index is 0.0407. The first-order valence-corrected chi connectivity index (χ1v) is 21.6. The molecule has 4 aromatic heterocycles. The van der Waals surface area contributed by atoms with E-state index in [9.17, 15) is 27.2 Å². The third kappa shape index (κ3) is 8.54. The van der Waals surface area contributed by atoms with E-state index in [2.05, 4.69) is 54.5 Å². The quantitative estimate of drug-likeness (QED) is 0.114. The SMILES string of the molecule is CN=C1c2ccccc2C(Cc2ccnc(F)c2)(Cc2ccnc(F)c2)c2ccccc21.CNC(=O)c1cc(CC2(Cc3ccnc(F)c3)c3ccccc3C(=O)c3ccccc32)cc(F)n1. The Balaban J connectivity index is 0.000000169. The number of fused-ring (bicyclic) bond motifs is 4. The summed E-state index contributed by atoms with van der Waals surface area (Å²) < 4.78 is 56.7. The first-order chi connectivity index (χ1) is 32.5. The van der Waals surface area contributed by atoms with Crippen LogP contribution in [0.4, 0.5) is 17.6 Å². The Bertz CT molecular complexity index is 3080. The molecule has 0 aliphatic heterocycles. The summed E-state index contributed by atoms with van der Waals surface area (Å²) >= 11 is 0. The fraction of sp³-hybridized carbons (Fsp3) is 0.145. The van der Waals surface area contributed by atoms with E-state index in [0.717, 1.165) is 50.2 Å². The number of rotatable bonds is 9. The first kappa shape index (κ1) is 44.2. The van der Waals surface area contributed by atoms with Gasteiger partial charge >= 0.3 is 0 Å². The number of ketones is 1. The molecular formula is C55H42F4N6O2. The summed E-state index contributed by atoms with van der Waals surface area (Å²) in [6.07, 6.45) is 6.02. The maximum absolute atomic E-state index is 14.5. The maximum Gasteiger partial charge on any atom is 0.269 e. The Labute approximate surface area is 384 Å². The molecule has 0 bridgehead atoms. The second-order valence-corrected chi connectivity index (χ2v) is 16.7. The molecule has 332 valence electrons. The van der Waals surface area contributed by atoms with E-state index < -0.39 is 40.5 Å². The lowest BCUT2D eigenvalue weighted by Gasteiger charge is -2.42. The number of pyridine rings is 4. The molecule has 0 spiro atoms. The van der Waals surface area contributed by atoms with Crippen molar-refractivity contribution >= 4 is 17.4 Å². The highest BCUT2D eigenvalue weighted by molar-refractivity contribution is 6.17. The van der Waals surface area contributed by atoms with Crippen LogP contribution in [-0.4, -0.2) is 51.4 Å². The summed E-state index contributed by atoms with van der Waals surface area (Å²) in [7, 11) is 3.25. The average Bonchev–Trinajstić information content (AvgIpc) is 3.33. The number of nitrogens with zero attached hydrogens (tertiary/aromatic N) is 5. The number of carbonyl (C=O) groups is 2. The molecule has 0 saturated carbocycles. The first-order valence-electron chi connectivity index (χ1n) is 21.6. The molecule has 0 atom stereocenters. The predicted molar refractivity (Wildman–Crippen MR) is 247 cm³/mol. The van der Waals surface area contributed by atoms with Gasteiger partial charge in [0.05, 0.1) is 5.71 Å². The normalized spacial score (nSPS) is 13.8. The van der Waals surface area contributed by atoms with Crippen LogP contribution >= 0.6 is 0 Å². The fourth-order valence-corrected chi connectivity index (χ4v) is 10.1. The third-order valence-corrected chi connectivity index (χ3v) is 12.7. The second kappa shape index (κ2) is 18.5. The van der Waals surface area contributed by atoms with Crippen molar-refractivity contribution in [1.82, 2.24) is 25.3 Å². The molecule has 67 heavy (non-hydrogen) atoms. The van der Waals surface area contributed by atoms with Crippen molar-refractivity contribution in [2.24, 2.45) is 4.99 Å². The molecule has 1 N–H and O–H groups in total. The molecule has 0 unspecified atom stereocenters. The zero-order chi connectivity index (χ0) is 46.7. The van der Waals surface area contributed by atoms with Gasteiger partial charge in [0.2, 0.25) is 23.8 Å². The lowest BCUT2D eigenvalue weighted by Crippen LogP contribution is -2.40. The van der Waals surface area contributed by atoms with Crippen LogP contribution in [0, 0.1) is 23.8 Å². The molecule has 1 amide bonds. The van der Waals surface area contributed by atoms with E-state index in [1.165, 1.54) is 49.9 Å². The lowest BCUT2D eigenvalue weighted by atomic mass is 9.61. The van der Waals surface area contributed by atoms with Gasteiger partial charge in [0, 0.05) is 65.8 Å². The largest absolute Gasteiger partial charge is 0.354 e. The number of aliphatic imine (C=N–C) groups is 1. The maximum atomic E-state index is 14.5. The van der Waals surface area contributed by atoms with Gasteiger partial charge in [0.15, 0.2) is 5.78 Å². The van der Waals surface area contributed by atoms with Gasteiger partial charge in [-0.25, -0.2) is 19.9 Å². The Morgan fingerprint density at radius 2 is 0.866 bits per heavy atom. The standard InChI is InChI=1S/C28H21F2N3O2.C27H21F2N3/c1-31-27(35)23-12-18(14-25(30)33-23)16-28(15-17-10-11-32-24(29)13-17)21-8-4-2-6-19(21)26(34)20-7-3-5-9-22(20)28;1-30-26-20-6-2-4-8-22(20)27(23-9-5-3-7-21(23)26,16-18-10-12-31-24(28)14-18)17-19-11-13-32-25(29)15-19/h2-14H,15-16H2,1H3,(H,31,35);2-15H,16-17H2,1H3. The molecule has 4 heterocycles. The van der Waals surface area contributed by atoms with E-state index in [1.807, 2.05) is 60.7 Å². The molecule has 0 saturated heterocycles. The summed E-state index contributed by atoms with van der Waals surface area (Å²) in [5.41, 5.74) is 9.23. The molecule has 0 fully saturated rings. The zero-order valence-corrected chi connectivity index (χ0v) is 36.5. The number of benzene rings is 4. The van der Waals surface area contributed by atoms with Gasteiger partial charge in [-0.15, -0.1) is 0 Å². The van der Waals surface area contributed by atoms with Crippen molar-refractivity contribution < 1.29 is 27.2 Å². The number of halogens is 4. The highest BCUT2D eigenvalue weighted by atomic mass is 19.1. The Morgan fingerprint density at radius 1 is 0.507 bits per heavy atom. The zero-order valence-electron chi connectivity index (χ0n) is 36.5. The minimum atomic E-state index is -0.845. The van der Waals surface area contributed by atoms with Crippen LogP contribution < -0.4 is 5.32 Å². The van der Waals surface area contributed by atoms with E-state index in [1.54, 1.807) is 43.4 Å². The van der Waals surface area contributed by atoms with Gasteiger partial charge in [0.1, 0.15) is 5.69 Å². The van der Waals surface area contributed by atoms with Crippen LogP contribution in [0.25, 0.3) is 0 Å². The smallest absolute Gasteiger partial charge is 0.269 e. The monoisotopic (exact) mass is 894 g/mol. The molecule has 8 nitrogen and oxygen atoms in total. The Morgan fingerprint density at radius 3 is 1.25 bits per heavy atom. The molecule has 0 radical (unpaired) electrons. The van der Waals surface area contributed by atoms with Crippen LogP contribution in [0.3, 0.4) is 0 Å². The Hall–Kier alpha value is -7.99. The molecule has 10 rings (SSSR count). The number of hydrogen-bond donors (Lipinski definition) is 1. The molecular weight excluding hydrogens is 853 g/mol. The third-order valence-electron chi connectivity index (χ3n) is 12.7. The molecule has 8 aromatic rings. The fourth-order valence-electron chi connectivity index (χ4n) is 10.1. The number of nitrogens with one attached hydrogen (secondary N) is 1. The minimum Gasteiger partial charge on any atom is -0.354 e. The van der Waals surface area contributed by atoms with Gasteiger partial charge in [-0.1, -0.05) is 97.1 Å². The Kier molecular flexibility index (Phi) is 12.2. The second-order valence-electron chi connectivity index (χ2n) is 16.7. The molecule has 2 aliphatic carbocycles. The van der Waals surface area contributed by atoms with E-state index >= 15 is 0 Å². The number of aromatic nitrogens is 4. The summed E-state index contributed by atoms with van der Waals surface area (Å²) in [4.78, 5) is 45.1. The van der Waals surface area contributed by atoms with E-state index in [4.69, 9.17) is 0 Å². The highest BCUT2D eigenvalue weighted by Crippen LogP contribution is 2.48. The van der Waals surface area contributed by atoms with Gasteiger partial charge in [-0.2, -0.15) is 17.6 Å². The van der Waals surface area contributed by atoms with Gasteiger partial charge < -0.3 is 5.32 Å². The van der Waals surface area contributed by atoms with Gasteiger partial charge in [-0.3, -0.25) is 14.6 Å². The topological polar surface area (TPSA) is 110 Å². The summed E-state index contributed by atoms with van der Waals surface area (Å²) in [6, 6.07) is 43.6. The molecule has 12 heteroatoms. The average molecular weight is 895 g/mol. The van der Waals surface area contributed by atoms with Crippen LogP contribution in [-0.2, 0) is 36.5 Å². The summed E-state index contributed by atoms with van der Waals surface area (Å²) in [5, 5.41) is 2.47. The van der Waals surface area contributed by atoms with Crippen LogP contribution in [0.15, 0.2) is 169 Å². The van der Waals surface area contributed by atoms with E-state index in [0.29, 0.717) is 41.5 Å². The summed E-state index contributed by atoms with van der Waals surface area (Å²) in [5.74, 6) is -3.01. The van der Waals surface area contributed by atoms with Crippen molar-refractivity contribution in [1.29, 1.82) is 0 Å². The van der Waals surface area contributed by atoms with Crippen molar-refractivity contribution in [3.05, 3.63) is 260 Å². The predicted octanol–water partition coefficient (Wildman–Crippen LogP) is 9.74. The number of hydrogen-bond acceptors (Lipinski definition) is 7. The number of amides is 1. The van der Waals surface area contributed by atoms with E-state index in [-0.39, 0.29) is 17.9 Å².